The molecule has 0 aliphatic carbocycles. The quantitative estimate of drug-likeness (QED) is 0.519. The van der Waals surface area contributed by atoms with Gasteiger partial charge in [-0.3, -0.25) is 4.79 Å². The Bertz CT molecular complexity index is 717. The van der Waals surface area contributed by atoms with E-state index in [1.54, 1.807) is 17.0 Å². The van der Waals surface area contributed by atoms with Crippen molar-refractivity contribution >= 4 is 27.7 Å². The minimum Gasteiger partial charge on any atom is -0.378 e. The van der Waals surface area contributed by atoms with E-state index in [4.69, 9.17) is 4.74 Å². The van der Waals surface area contributed by atoms with Crippen molar-refractivity contribution in [2.75, 3.05) is 59.7 Å². The summed E-state index contributed by atoms with van der Waals surface area (Å²) >= 11 is 1.43. The molecule has 0 spiro atoms. The maximum atomic E-state index is 12.8. The van der Waals surface area contributed by atoms with Crippen molar-refractivity contribution < 1.29 is 17.9 Å². The highest BCUT2D eigenvalue weighted by Crippen LogP contribution is 2.25. The van der Waals surface area contributed by atoms with Gasteiger partial charge in [-0.15, -0.1) is 11.8 Å². The summed E-state index contributed by atoms with van der Waals surface area (Å²) in [5, 5.41) is 0. The lowest BCUT2D eigenvalue weighted by Gasteiger charge is -2.27. The Morgan fingerprint density at radius 3 is 2.62 bits per heavy atom. The first-order valence-corrected chi connectivity index (χ1v) is 11.3. The molecule has 0 saturated carbocycles. The Hall–Kier alpha value is -1.13. The minimum absolute atomic E-state index is 0.122. The van der Waals surface area contributed by atoms with Crippen LogP contribution in [0.15, 0.2) is 28.0 Å². The maximum Gasteiger partial charge on any atom is 0.255 e. The summed E-state index contributed by atoms with van der Waals surface area (Å²) in [6.45, 7) is 3.21. The van der Waals surface area contributed by atoms with Crippen LogP contribution >= 0.6 is 11.8 Å². The van der Waals surface area contributed by atoms with Gasteiger partial charge >= 0.3 is 0 Å². The van der Waals surface area contributed by atoms with E-state index in [9.17, 15) is 13.2 Å². The van der Waals surface area contributed by atoms with Gasteiger partial charge in [0.2, 0.25) is 10.0 Å². The number of thioether (sulfide) groups is 1. The normalized spacial score (nSPS) is 15.5. The lowest BCUT2D eigenvalue weighted by molar-refractivity contribution is 0.0300. The molecule has 1 fully saturated rings. The van der Waals surface area contributed by atoms with E-state index in [1.807, 2.05) is 25.3 Å². The van der Waals surface area contributed by atoms with Crippen molar-refractivity contribution in [3.05, 3.63) is 23.8 Å². The van der Waals surface area contributed by atoms with Crippen molar-refractivity contribution in [3.8, 4) is 0 Å². The first-order chi connectivity index (χ1) is 12.3. The zero-order valence-electron chi connectivity index (χ0n) is 15.5. The van der Waals surface area contributed by atoms with Crippen molar-refractivity contribution in [1.29, 1.82) is 0 Å². The summed E-state index contributed by atoms with van der Waals surface area (Å²) < 4.78 is 33.0. The number of hydrogen-bond donors (Lipinski definition) is 1. The molecular weight excluding hydrogens is 374 g/mol. The van der Waals surface area contributed by atoms with Gasteiger partial charge in [-0.25, -0.2) is 13.1 Å². The van der Waals surface area contributed by atoms with E-state index in [-0.39, 0.29) is 10.8 Å². The van der Waals surface area contributed by atoms with Crippen molar-refractivity contribution in [1.82, 2.24) is 14.5 Å². The third kappa shape index (κ3) is 5.68. The second kappa shape index (κ2) is 9.70. The van der Waals surface area contributed by atoms with Crippen LogP contribution in [-0.4, -0.2) is 83.9 Å². The van der Waals surface area contributed by atoms with Gasteiger partial charge in [0.15, 0.2) is 0 Å². The van der Waals surface area contributed by atoms with Gasteiger partial charge in [0.05, 0.1) is 23.7 Å². The third-order valence-corrected chi connectivity index (χ3v) is 6.34. The number of morpholine rings is 1. The first kappa shape index (κ1) is 21.2. The predicted molar refractivity (Wildman–Crippen MR) is 103 cm³/mol. The largest absolute Gasteiger partial charge is 0.378 e. The Morgan fingerprint density at radius 1 is 1.31 bits per heavy atom. The van der Waals surface area contributed by atoms with Crippen LogP contribution in [-0.2, 0) is 14.8 Å². The minimum atomic E-state index is -3.64. The SMILES string of the molecule is CSc1ccc(S(=O)(=O)NCCCN(C)C)cc1C(=O)N1CCOCC1. The molecule has 1 aliphatic heterocycles. The monoisotopic (exact) mass is 401 g/mol. The van der Waals surface area contributed by atoms with E-state index < -0.39 is 10.0 Å². The summed E-state index contributed by atoms with van der Waals surface area (Å²) in [4.78, 5) is 17.4. The number of nitrogens with one attached hydrogen (secondary N) is 1. The second-order valence-electron chi connectivity index (χ2n) is 6.32. The van der Waals surface area contributed by atoms with Crippen molar-refractivity contribution in [3.63, 3.8) is 0 Å². The summed E-state index contributed by atoms with van der Waals surface area (Å²) in [5.41, 5.74) is 0.426. The zero-order valence-corrected chi connectivity index (χ0v) is 17.2. The Labute approximate surface area is 160 Å². The molecule has 0 unspecified atom stereocenters. The van der Waals surface area contributed by atoms with E-state index >= 15 is 0 Å². The van der Waals surface area contributed by atoms with Crippen LogP contribution in [0.3, 0.4) is 0 Å². The lowest BCUT2D eigenvalue weighted by atomic mass is 10.2. The average Bonchev–Trinajstić information content (AvgIpc) is 2.64. The molecule has 1 amide bonds. The van der Waals surface area contributed by atoms with Gasteiger partial charge in [-0.05, 0) is 51.5 Å². The number of sulfonamides is 1. The highest BCUT2D eigenvalue weighted by molar-refractivity contribution is 7.98. The number of benzene rings is 1. The summed E-state index contributed by atoms with van der Waals surface area (Å²) in [7, 11) is 0.244. The van der Waals surface area contributed by atoms with E-state index in [1.165, 1.54) is 17.8 Å². The molecule has 2 rings (SSSR count). The van der Waals surface area contributed by atoms with Crippen LogP contribution in [0.2, 0.25) is 0 Å². The summed E-state index contributed by atoms with van der Waals surface area (Å²) in [6.07, 6.45) is 2.59. The fourth-order valence-corrected chi connectivity index (χ4v) is 4.31. The highest BCUT2D eigenvalue weighted by Gasteiger charge is 2.23. The van der Waals surface area contributed by atoms with Gasteiger partial charge in [0, 0.05) is 24.5 Å². The molecular formula is C17H27N3O4S2. The molecule has 0 radical (unpaired) electrons. The standard InChI is InChI=1S/C17H27N3O4S2/c1-19(2)8-4-7-18-26(22,23)14-5-6-16(25-3)15(13-14)17(21)20-9-11-24-12-10-20/h5-6,13,18H,4,7-12H2,1-3H3. The molecule has 9 heteroatoms. The number of rotatable bonds is 8. The maximum absolute atomic E-state index is 12.8. The lowest BCUT2D eigenvalue weighted by Crippen LogP contribution is -2.41. The molecule has 1 saturated heterocycles. The number of amides is 1. The zero-order chi connectivity index (χ0) is 19.2. The molecule has 1 aromatic rings. The number of nitrogens with zero attached hydrogens (tertiary/aromatic N) is 2. The van der Waals surface area contributed by atoms with Crippen molar-refractivity contribution in [2.24, 2.45) is 0 Å². The van der Waals surface area contributed by atoms with E-state index in [0.29, 0.717) is 44.8 Å². The van der Waals surface area contributed by atoms with Crippen LogP contribution in [0.1, 0.15) is 16.8 Å². The molecule has 1 aliphatic rings. The molecule has 7 nitrogen and oxygen atoms in total. The number of ether oxygens (including phenoxy) is 1. The smallest absolute Gasteiger partial charge is 0.255 e. The third-order valence-electron chi connectivity index (χ3n) is 4.08. The van der Waals surface area contributed by atoms with Crippen LogP contribution in [0, 0.1) is 0 Å². The predicted octanol–water partition coefficient (Wildman–Crippen LogP) is 1.11. The van der Waals surface area contributed by atoms with Gasteiger partial charge < -0.3 is 14.5 Å². The molecule has 1 aromatic carbocycles. The Balaban J connectivity index is 2.18. The van der Waals surface area contributed by atoms with Crippen LogP contribution in [0.4, 0.5) is 0 Å². The van der Waals surface area contributed by atoms with Gasteiger partial charge in [0.1, 0.15) is 0 Å². The molecule has 1 N–H and O–H groups in total. The number of hydrogen-bond acceptors (Lipinski definition) is 6. The van der Waals surface area contributed by atoms with E-state index in [0.717, 1.165) is 11.4 Å². The van der Waals surface area contributed by atoms with Gasteiger partial charge in [-0.2, -0.15) is 0 Å². The molecule has 0 atom stereocenters. The fourth-order valence-electron chi connectivity index (χ4n) is 2.64. The molecule has 0 aromatic heterocycles. The van der Waals surface area contributed by atoms with Gasteiger partial charge in [-0.1, -0.05) is 0 Å². The number of carbonyl (C=O) groups excluding carboxylic acids is 1. The van der Waals surface area contributed by atoms with Gasteiger partial charge in [0.25, 0.3) is 5.91 Å². The second-order valence-corrected chi connectivity index (χ2v) is 8.94. The molecule has 0 bridgehead atoms. The van der Waals surface area contributed by atoms with E-state index in [2.05, 4.69) is 4.72 Å². The summed E-state index contributed by atoms with van der Waals surface area (Å²) in [6, 6.07) is 4.74. The first-order valence-electron chi connectivity index (χ1n) is 8.54. The van der Waals surface area contributed by atoms with Crippen LogP contribution in [0.5, 0.6) is 0 Å². The molecule has 26 heavy (non-hydrogen) atoms. The number of carbonyl (C=O) groups is 1. The highest BCUT2D eigenvalue weighted by atomic mass is 32.2. The molecule has 146 valence electrons. The Morgan fingerprint density at radius 2 is 2.00 bits per heavy atom. The Kier molecular flexibility index (Phi) is 7.90. The summed E-state index contributed by atoms with van der Waals surface area (Å²) in [5.74, 6) is -0.151. The topological polar surface area (TPSA) is 79.0 Å². The van der Waals surface area contributed by atoms with Crippen molar-refractivity contribution in [2.45, 2.75) is 16.2 Å². The fraction of sp³-hybridized carbons (Fsp3) is 0.588. The van der Waals surface area contributed by atoms with Crippen LogP contribution in [0.25, 0.3) is 0 Å². The van der Waals surface area contributed by atoms with Crippen LogP contribution < -0.4 is 4.72 Å². The average molecular weight is 402 g/mol. The molecule has 1 heterocycles.